The number of amides is 1. The third kappa shape index (κ3) is 3.34. The largest absolute Gasteiger partial charge is 0.478 e. The van der Waals surface area contributed by atoms with E-state index in [-0.39, 0.29) is 23.1 Å². The molecule has 102 valence electrons. The molecular formula is C12H16N4O3. The summed E-state index contributed by atoms with van der Waals surface area (Å²) in [5, 5.41) is 14.6. The molecule has 1 fully saturated rings. The summed E-state index contributed by atoms with van der Waals surface area (Å²) in [6.45, 7) is 0.895. The molecule has 0 saturated heterocycles. The Morgan fingerprint density at radius 1 is 1.42 bits per heavy atom. The van der Waals surface area contributed by atoms with Crippen molar-refractivity contribution in [2.45, 2.75) is 12.8 Å². The number of aromatic nitrogens is 1. The van der Waals surface area contributed by atoms with E-state index in [2.05, 4.69) is 15.6 Å². The Kier molecular flexibility index (Phi) is 3.84. The van der Waals surface area contributed by atoms with Gasteiger partial charge in [0.25, 0.3) is 0 Å². The summed E-state index contributed by atoms with van der Waals surface area (Å²) < 4.78 is 0. The van der Waals surface area contributed by atoms with E-state index in [0.29, 0.717) is 18.9 Å². The van der Waals surface area contributed by atoms with Crippen molar-refractivity contribution in [3.05, 3.63) is 17.8 Å². The summed E-state index contributed by atoms with van der Waals surface area (Å²) in [6.07, 6.45) is 3.31. The molecule has 2 rings (SSSR count). The molecule has 0 bridgehead atoms. The van der Waals surface area contributed by atoms with E-state index in [1.165, 1.54) is 12.3 Å². The van der Waals surface area contributed by atoms with Gasteiger partial charge in [-0.3, -0.25) is 4.79 Å². The molecule has 0 aliphatic heterocycles. The van der Waals surface area contributed by atoms with Gasteiger partial charge in [0.2, 0.25) is 5.91 Å². The lowest BCUT2D eigenvalue weighted by Crippen LogP contribution is -2.30. The van der Waals surface area contributed by atoms with Crippen LogP contribution in [0.2, 0.25) is 0 Å². The van der Waals surface area contributed by atoms with Crippen LogP contribution in [0.3, 0.4) is 0 Å². The fraction of sp³-hybridized carbons (Fsp3) is 0.417. The molecule has 1 aliphatic rings. The van der Waals surface area contributed by atoms with E-state index < -0.39 is 5.97 Å². The van der Waals surface area contributed by atoms with Crippen molar-refractivity contribution in [1.29, 1.82) is 0 Å². The van der Waals surface area contributed by atoms with Crippen LogP contribution in [0.5, 0.6) is 0 Å². The maximum Gasteiger partial charge on any atom is 0.337 e. The Hall–Kier alpha value is -2.31. The predicted molar refractivity (Wildman–Crippen MR) is 69.8 cm³/mol. The summed E-state index contributed by atoms with van der Waals surface area (Å²) in [5.74, 6) is -0.522. The van der Waals surface area contributed by atoms with E-state index in [9.17, 15) is 9.59 Å². The molecule has 0 aromatic carbocycles. The Morgan fingerprint density at radius 3 is 2.79 bits per heavy atom. The lowest BCUT2D eigenvalue weighted by molar-refractivity contribution is -0.122. The number of nitrogen functional groups attached to an aromatic ring is 1. The molecule has 0 unspecified atom stereocenters. The minimum atomic E-state index is -1.09. The molecule has 0 radical (unpaired) electrons. The van der Waals surface area contributed by atoms with E-state index >= 15 is 0 Å². The molecule has 0 spiro atoms. The highest BCUT2D eigenvalue weighted by Crippen LogP contribution is 2.28. The van der Waals surface area contributed by atoms with Gasteiger partial charge < -0.3 is 21.5 Å². The minimum Gasteiger partial charge on any atom is -0.478 e. The average molecular weight is 264 g/mol. The van der Waals surface area contributed by atoms with Crippen LogP contribution in [-0.2, 0) is 4.79 Å². The van der Waals surface area contributed by atoms with Gasteiger partial charge in [-0.05, 0) is 18.9 Å². The Bertz CT molecular complexity index is 500. The van der Waals surface area contributed by atoms with Crippen LogP contribution < -0.4 is 16.4 Å². The molecule has 1 aromatic heterocycles. The quantitative estimate of drug-likeness (QED) is 0.549. The second-order valence-corrected chi connectivity index (χ2v) is 4.42. The number of anilines is 2. The lowest BCUT2D eigenvalue weighted by atomic mass is 10.2. The number of nitrogens with two attached hydrogens (primary N) is 1. The second-order valence-electron chi connectivity index (χ2n) is 4.42. The third-order valence-electron chi connectivity index (χ3n) is 2.89. The van der Waals surface area contributed by atoms with Gasteiger partial charge in [-0.2, -0.15) is 0 Å². The number of nitrogens with zero attached hydrogens (tertiary/aromatic N) is 1. The number of carboxylic acid groups (broad SMARTS) is 1. The minimum absolute atomic E-state index is 0.0134. The van der Waals surface area contributed by atoms with Crippen molar-refractivity contribution >= 4 is 23.4 Å². The topological polar surface area (TPSA) is 117 Å². The van der Waals surface area contributed by atoms with Crippen LogP contribution in [0.25, 0.3) is 0 Å². The van der Waals surface area contributed by atoms with Crippen LogP contribution in [0, 0.1) is 5.92 Å². The number of hydrogen-bond donors (Lipinski definition) is 4. The summed E-state index contributed by atoms with van der Waals surface area (Å²) in [7, 11) is 0. The van der Waals surface area contributed by atoms with Gasteiger partial charge in [0, 0.05) is 25.2 Å². The summed E-state index contributed by atoms with van der Waals surface area (Å²) in [6, 6.07) is 1.34. The van der Waals surface area contributed by atoms with Crippen LogP contribution in [0.15, 0.2) is 12.3 Å². The molecule has 1 saturated carbocycles. The van der Waals surface area contributed by atoms with Crippen molar-refractivity contribution in [1.82, 2.24) is 10.3 Å². The normalized spacial score (nSPS) is 13.9. The van der Waals surface area contributed by atoms with Gasteiger partial charge >= 0.3 is 5.97 Å². The zero-order valence-corrected chi connectivity index (χ0v) is 10.3. The molecule has 1 amide bonds. The first kappa shape index (κ1) is 13.1. The molecule has 0 atom stereocenters. The maximum absolute atomic E-state index is 11.4. The fourth-order valence-corrected chi connectivity index (χ4v) is 1.66. The van der Waals surface area contributed by atoms with Crippen molar-refractivity contribution < 1.29 is 14.7 Å². The number of rotatable bonds is 6. The number of carbonyl (C=O) groups excluding carboxylic acids is 1. The molecule has 1 heterocycles. The molecule has 7 heteroatoms. The standard InChI is InChI=1S/C12H16N4O3/c13-9-8(12(18)19)3-4-14-10(9)15-5-6-16-11(17)7-1-2-7/h3-4,7H,1-2,5-6,13H2,(H,14,15)(H,16,17)(H,18,19). The third-order valence-corrected chi connectivity index (χ3v) is 2.89. The molecule has 19 heavy (non-hydrogen) atoms. The van der Waals surface area contributed by atoms with Crippen molar-refractivity contribution in [3.63, 3.8) is 0 Å². The van der Waals surface area contributed by atoms with Crippen molar-refractivity contribution in [2.75, 3.05) is 24.1 Å². The highest BCUT2D eigenvalue weighted by Gasteiger charge is 2.28. The lowest BCUT2D eigenvalue weighted by Gasteiger charge is -2.10. The van der Waals surface area contributed by atoms with E-state index in [0.717, 1.165) is 12.8 Å². The van der Waals surface area contributed by atoms with Gasteiger partial charge in [0.15, 0.2) is 0 Å². The first-order valence-corrected chi connectivity index (χ1v) is 6.09. The van der Waals surface area contributed by atoms with Gasteiger partial charge in [-0.15, -0.1) is 0 Å². The average Bonchev–Trinajstić information content (AvgIpc) is 3.19. The number of pyridine rings is 1. The van der Waals surface area contributed by atoms with Gasteiger partial charge in [0.1, 0.15) is 5.82 Å². The Balaban J connectivity index is 1.83. The van der Waals surface area contributed by atoms with Crippen molar-refractivity contribution in [3.8, 4) is 0 Å². The van der Waals surface area contributed by atoms with Gasteiger partial charge in [-0.1, -0.05) is 0 Å². The van der Waals surface area contributed by atoms with Crippen LogP contribution >= 0.6 is 0 Å². The van der Waals surface area contributed by atoms with E-state index in [1.807, 2.05) is 0 Å². The summed E-state index contributed by atoms with van der Waals surface area (Å²) in [4.78, 5) is 26.2. The first-order chi connectivity index (χ1) is 9.09. The molecular weight excluding hydrogens is 248 g/mol. The number of carbonyl (C=O) groups is 2. The Labute approximate surface area is 110 Å². The summed E-state index contributed by atoms with van der Waals surface area (Å²) >= 11 is 0. The van der Waals surface area contributed by atoms with Crippen LogP contribution in [-0.4, -0.2) is 35.1 Å². The van der Waals surface area contributed by atoms with Gasteiger partial charge in [0.05, 0.1) is 11.3 Å². The number of carboxylic acids is 1. The maximum atomic E-state index is 11.4. The molecule has 5 N–H and O–H groups in total. The smallest absolute Gasteiger partial charge is 0.337 e. The zero-order valence-electron chi connectivity index (χ0n) is 10.3. The molecule has 1 aliphatic carbocycles. The number of aromatic carboxylic acids is 1. The second kappa shape index (κ2) is 5.55. The highest BCUT2D eigenvalue weighted by atomic mass is 16.4. The predicted octanol–water partition coefficient (Wildman–Crippen LogP) is 0.300. The Morgan fingerprint density at radius 2 is 2.16 bits per heavy atom. The van der Waals surface area contributed by atoms with Crippen LogP contribution in [0.4, 0.5) is 11.5 Å². The van der Waals surface area contributed by atoms with Crippen LogP contribution in [0.1, 0.15) is 23.2 Å². The monoisotopic (exact) mass is 264 g/mol. The summed E-state index contributed by atoms with van der Waals surface area (Å²) in [5.41, 5.74) is 5.81. The number of hydrogen-bond acceptors (Lipinski definition) is 5. The highest BCUT2D eigenvalue weighted by molar-refractivity contribution is 5.96. The fourth-order valence-electron chi connectivity index (χ4n) is 1.66. The van der Waals surface area contributed by atoms with E-state index in [4.69, 9.17) is 10.8 Å². The molecule has 7 nitrogen and oxygen atoms in total. The SMILES string of the molecule is Nc1c(C(=O)O)ccnc1NCCNC(=O)C1CC1. The van der Waals surface area contributed by atoms with Gasteiger partial charge in [-0.25, -0.2) is 9.78 Å². The van der Waals surface area contributed by atoms with Crippen molar-refractivity contribution in [2.24, 2.45) is 5.92 Å². The first-order valence-electron chi connectivity index (χ1n) is 6.09. The zero-order chi connectivity index (χ0) is 13.8. The van der Waals surface area contributed by atoms with E-state index in [1.54, 1.807) is 0 Å². The molecule has 1 aromatic rings. The number of nitrogens with one attached hydrogen (secondary N) is 2.